The van der Waals surface area contributed by atoms with Gasteiger partial charge in [-0.1, -0.05) is 29.4 Å². The third-order valence-corrected chi connectivity index (χ3v) is 2.07. The van der Waals surface area contributed by atoms with Gasteiger partial charge in [0.15, 0.2) is 0 Å². The van der Waals surface area contributed by atoms with Crippen LogP contribution in [-0.4, -0.2) is 0 Å². The molecule has 0 rings (SSSR count). The summed E-state index contributed by atoms with van der Waals surface area (Å²) in [5.41, 5.74) is 2.93. The molecule has 0 unspecified atom stereocenters. The van der Waals surface area contributed by atoms with Crippen LogP contribution in [0.5, 0.6) is 0 Å². The fourth-order valence-corrected chi connectivity index (χ4v) is 1.27. The van der Waals surface area contributed by atoms with E-state index in [9.17, 15) is 0 Å². The van der Waals surface area contributed by atoms with Gasteiger partial charge in [-0.25, -0.2) is 0 Å². The van der Waals surface area contributed by atoms with Crippen molar-refractivity contribution in [3.05, 3.63) is 36.0 Å². The molecule has 0 aromatic heterocycles. The maximum Gasteiger partial charge on any atom is -0.0142 e. The molecule has 0 spiro atoms. The molecule has 0 aromatic carbocycles. The normalized spacial score (nSPS) is 11.2. The average Bonchev–Trinajstić information content (AvgIpc) is 2.10. The van der Waals surface area contributed by atoms with Gasteiger partial charge in [-0.15, -0.1) is 6.58 Å². The Morgan fingerprint density at radius 2 is 2.00 bits per heavy atom. The summed E-state index contributed by atoms with van der Waals surface area (Å²) >= 11 is 0. The van der Waals surface area contributed by atoms with Gasteiger partial charge in [0, 0.05) is 0 Å². The van der Waals surface area contributed by atoms with E-state index in [1.165, 1.54) is 30.4 Å². The van der Waals surface area contributed by atoms with Crippen LogP contribution in [0.15, 0.2) is 36.0 Å². The van der Waals surface area contributed by atoms with Crippen LogP contribution in [0.2, 0.25) is 0 Å². The molecule has 0 N–H and O–H groups in total. The summed E-state index contributed by atoms with van der Waals surface area (Å²) in [7, 11) is 0. The van der Waals surface area contributed by atoms with Crippen LogP contribution >= 0.6 is 0 Å². The zero-order chi connectivity index (χ0) is 10.1. The summed E-state index contributed by atoms with van der Waals surface area (Å²) in [6.45, 7) is 10.2. The maximum atomic E-state index is 3.75. The van der Waals surface area contributed by atoms with Gasteiger partial charge in [0.1, 0.15) is 0 Å². The van der Waals surface area contributed by atoms with Crippen molar-refractivity contribution >= 4 is 0 Å². The van der Waals surface area contributed by atoms with Crippen LogP contribution in [0.1, 0.15) is 46.5 Å². The van der Waals surface area contributed by atoms with Crippen LogP contribution in [0.25, 0.3) is 0 Å². The predicted octanol–water partition coefficient (Wildman–Crippen LogP) is 4.65. The summed E-state index contributed by atoms with van der Waals surface area (Å²) in [5, 5.41) is 0. The second-order valence-electron chi connectivity index (χ2n) is 3.61. The Balaban J connectivity index is 3.62. The van der Waals surface area contributed by atoms with Crippen molar-refractivity contribution in [2.75, 3.05) is 0 Å². The minimum atomic E-state index is 1.05. The second kappa shape index (κ2) is 7.85. The topological polar surface area (TPSA) is 0 Å². The first-order valence-electron chi connectivity index (χ1n) is 5.09. The lowest BCUT2D eigenvalue weighted by molar-refractivity contribution is 0.811. The zero-order valence-corrected chi connectivity index (χ0v) is 9.27. The predicted molar refractivity (Wildman–Crippen MR) is 61.9 cm³/mol. The molecule has 13 heavy (non-hydrogen) atoms. The minimum absolute atomic E-state index is 1.05. The molecule has 0 saturated carbocycles. The quantitative estimate of drug-likeness (QED) is 0.410. The van der Waals surface area contributed by atoms with Crippen molar-refractivity contribution in [1.82, 2.24) is 0 Å². The van der Waals surface area contributed by atoms with Crippen LogP contribution in [0.4, 0.5) is 0 Å². The number of hydrogen-bond donors (Lipinski definition) is 0. The monoisotopic (exact) mass is 178 g/mol. The van der Waals surface area contributed by atoms with Crippen molar-refractivity contribution < 1.29 is 0 Å². The molecule has 0 aromatic rings. The van der Waals surface area contributed by atoms with Crippen LogP contribution in [-0.2, 0) is 0 Å². The van der Waals surface area contributed by atoms with Gasteiger partial charge in [0.2, 0.25) is 0 Å². The van der Waals surface area contributed by atoms with Gasteiger partial charge in [-0.2, -0.15) is 0 Å². The molecule has 0 aliphatic rings. The molecule has 0 amide bonds. The standard InChI is InChI=1S/C13H22/c1-5-9-13(6-2)11-8-7-10-12(3)4/h5-6,10H,1,7-9,11H2,2-4H3. The molecule has 0 nitrogen and oxygen atoms in total. The Labute approximate surface area is 83.0 Å². The lowest BCUT2D eigenvalue weighted by Gasteiger charge is -2.02. The van der Waals surface area contributed by atoms with Crippen molar-refractivity contribution in [1.29, 1.82) is 0 Å². The molecule has 74 valence electrons. The van der Waals surface area contributed by atoms with Crippen LogP contribution < -0.4 is 0 Å². The number of hydrogen-bond acceptors (Lipinski definition) is 0. The summed E-state index contributed by atoms with van der Waals surface area (Å²) in [6, 6.07) is 0. The molecule has 0 aliphatic heterocycles. The van der Waals surface area contributed by atoms with E-state index >= 15 is 0 Å². The Kier molecular flexibility index (Phi) is 7.38. The fourth-order valence-electron chi connectivity index (χ4n) is 1.27. The molecular formula is C13H22. The third kappa shape index (κ3) is 7.58. The third-order valence-electron chi connectivity index (χ3n) is 2.07. The van der Waals surface area contributed by atoms with Crippen molar-refractivity contribution in [2.45, 2.75) is 46.5 Å². The highest BCUT2D eigenvalue weighted by molar-refractivity contribution is 5.05. The van der Waals surface area contributed by atoms with E-state index in [0.29, 0.717) is 0 Å². The van der Waals surface area contributed by atoms with Gasteiger partial charge in [-0.05, 0) is 46.5 Å². The highest BCUT2D eigenvalue weighted by atomic mass is 14.0. The molecule has 0 radical (unpaired) electrons. The van der Waals surface area contributed by atoms with Crippen molar-refractivity contribution in [3.63, 3.8) is 0 Å². The summed E-state index contributed by atoms with van der Waals surface area (Å²) < 4.78 is 0. The van der Waals surface area contributed by atoms with Gasteiger partial charge in [-0.3, -0.25) is 0 Å². The Morgan fingerprint density at radius 3 is 2.46 bits per heavy atom. The minimum Gasteiger partial charge on any atom is -0.103 e. The van der Waals surface area contributed by atoms with E-state index in [2.05, 4.69) is 39.5 Å². The first-order chi connectivity index (χ1) is 6.20. The largest absolute Gasteiger partial charge is 0.103 e. The number of allylic oxidation sites excluding steroid dienone is 5. The second-order valence-corrected chi connectivity index (χ2v) is 3.61. The molecule has 0 heterocycles. The number of rotatable bonds is 6. The SMILES string of the molecule is C=CCC(=CC)CCCC=C(C)C. The van der Waals surface area contributed by atoms with Gasteiger partial charge >= 0.3 is 0 Å². The molecule has 0 atom stereocenters. The summed E-state index contributed by atoms with van der Waals surface area (Å²) in [4.78, 5) is 0. The van der Waals surface area contributed by atoms with Crippen LogP contribution in [0.3, 0.4) is 0 Å². The van der Waals surface area contributed by atoms with Gasteiger partial charge < -0.3 is 0 Å². The molecule has 0 heteroatoms. The van der Waals surface area contributed by atoms with E-state index < -0.39 is 0 Å². The Morgan fingerprint density at radius 1 is 1.31 bits per heavy atom. The summed E-state index contributed by atoms with van der Waals surface area (Å²) in [6.07, 6.45) is 11.2. The van der Waals surface area contributed by atoms with E-state index in [4.69, 9.17) is 0 Å². The smallest absolute Gasteiger partial charge is 0.0142 e. The Hall–Kier alpha value is -0.780. The van der Waals surface area contributed by atoms with E-state index in [1.54, 1.807) is 0 Å². The zero-order valence-electron chi connectivity index (χ0n) is 9.27. The van der Waals surface area contributed by atoms with Gasteiger partial charge in [0.05, 0.1) is 0 Å². The molecule has 0 bridgehead atoms. The molecular weight excluding hydrogens is 156 g/mol. The molecule has 0 aliphatic carbocycles. The lowest BCUT2D eigenvalue weighted by Crippen LogP contribution is -1.82. The van der Waals surface area contributed by atoms with E-state index in [1.807, 2.05) is 6.08 Å². The first-order valence-corrected chi connectivity index (χ1v) is 5.09. The van der Waals surface area contributed by atoms with Crippen molar-refractivity contribution in [2.24, 2.45) is 0 Å². The molecule has 0 saturated heterocycles. The lowest BCUT2D eigenvalue weighted by atomic mass is 10.0. The van der Waals surface area contributed by atoms with Crippen molar-refractivity contribution in [3.8, 4) is 0 Å². The average molecular weight is 178 g/mol. The van der Waals surface area contributed by atoms with E-state index in [-0.39, 0.29) is 0 Å². The highest BCUT2D eigenvalue weighted by Gasteiger charge is 1.92. The number of unbranched alkanes of at least 4 members (excludes halogenated alkanes) is 1. The Bertz CT molecular complexity index is 190. The first kappa shape index (κ1) is 12.2. The summed E-state index contributed by atoms with van der Waals surface area (Å²) in [5.74, 6) is 0. The fraction of sp³-hybridized carbons (Fsp3) is 0.538. The maximum absolute atomic E-state index is 3.75. The van der Waals surface area contributed by atoms with Crippen LogP contribution in [0, 0.1) is 0 Å². The highest BCUT2D eigenvalue weighted by Crippen LogP contribution is 2.12. The van der Waals surface area contributed by atoms with Gasteiger partial charge in [0.25, 0.3) is 0 Å². The van der Waals surface area contributed by atoms with E-state index in [0.717, 1.165) is 6.42 Å². The molecule has 0 fully saturated rings.